The quantitative estimate of drug-likeness (QED) is 0.0845. The van der Waals surface area contributed by atoms with Crippen LogP contribution in [0.25, 0.3) is 0 Å². The summed E-state index contributed by atoms with van der Waals surface area (Å²) in [6.07, 6.45) is 0. The van der Waals surface area contributed by atoms with E-state index >= 15 is 0 Å². The molecule has 12 aromatic carbocycles. The van der Waals surface area contributed by atoms with Crippen LogP contribution < -0.4 is 63.7 Å². The Bertz CT molecular complexity index is 2580. The molecule has 12 rings (SSSR count). The topological polar surface area (TPSA) is 0 Å². The van der Waals surface area contributed by atoms with Crippen molar-refractivity contribution >= 4 is 95.3 Å². The molecule has 0 fully saturated rings. The summed E-state index contributed by atoms with van der Waals surface area (Å²) in [6.45, 7) is 0. The average molecular weight is 1160 g/mol. The SMILES string of the molecule is [RuH2].c1ccc([PH+](c2ccccc2)c2ccccc2)cc1.c1ccc([PH+](c2ccccc2)c2ccccc2)cc1.c1ccc([PH+](c2ccccc2)c2ccccc2)cc1.c1ccc([PH+](c2ccccc2)c2ccccc2)cc1. The molecule has 0 saturated carbocycles. The van der Waals surface area contributed by atoms with Crippen LogP contribution in [0.5, 0.6) is 0 Å². The normalized spacial score (nSPS) is 10.4. The van der Waals surface area contributed by atoms with Gasteiger partial charge in [0.05, 0.1) is 31.7 Å². The van der Waals surface area contributed by atoms with Gasteiger partial charge in [-0.25, -0.2) is 0 Å². The van der Waals surface area contributed by atoms with E-state index in [4.69, 9.17) is 0 Å². The van der Waals surface area contributed by atoms with Crippen molar-refractivity contribution in [1.29, 1.82) is 0 Å². The van der Waals surface area contributed by atoms with E-state index in [0.717, 1.165) is 0 Å². The molecular formula is C72H66P4Ru+4. The van der Waals surface area contributed by atoms with Gasteiger partial charge in [0, 0.05) is 0 Å². The number of benzene rings is 12. The first-order valence-electron chi connectivity index (χ1n) is 25.9. The van der Waals surface area contributed by atoms with Crippen molar-refractivity contribution < 1.29 is 19.5 Å². The van der Waals surface area contributed by atoms with Crippen LogP contribution >= 0.6 is 31.7 Å². The third kappa shape index (κ3) is 16.5. The van der Waals surface area contributed by atoms with E-state index < -0.39 is 31.7 Å². The van der Waals surface area contributed by atoms with Crippen LogP contribution in [0.4, 0.5) is 0 Å². The molecule has 77 heavy (non-hydrogen) atoms. The van der Waals surface area contributed by atoms with Gasteiger partial charge in [-0.2, -0.15) is 0 Å². The molecule has 0 heterocycles. The molecule has 0 saturated heterocycles. The summed E-state index contributed by atoms with van der Waals surface area (Å²) in [7, 11) is -3.51. The van der Waals surface area contributed by atoms with Crippen molar-refractivity contribution in [2.75, 3.05) is 0 Å². The minimum Gasteiger partial charge on any atom is -0.0620 e. The van der Waals surface area contributed by atoms with E-state index in [-0.39, 0.29) is 19.5 Å². The predicted molar refractivity (Wildman–Crippen MR) is 349 cm³/mol. The molecule has 0 atom stereocenters. The summed E-state index contributed by atoms with van der Waals surface area (Å²) < 4.78 is 0. The third-order valence-corrected chi connectivity index (χ3v) is 23.7. The van der Waals surface area contributed by atoms with Gasteiger partial charge in [-0.15, -0.1) is 0 Å². The first-order chi connectivity index (χ1) is 37.8. The fraction of sp³-hybridized carbons (Fsp3) is 0. The molecule has 5 heteroatoms. The maximum absolute atomic E-state index is 2.24. The Morgan fingerprint density at radius 3 is 0.234 bits per heavy atom. The Kier molecular flexibility index (Phi) is 22.8. The Balaban J connectivity index is 0.000000135. The zero-order valence-corrected chi connectivity index (χ0v) is 49.1. The summed E-state index contributed by atoms with van der Waals surface area (Å²) in [4.78, 5) is 0. The molecule has 0 aromatic heterocycles. The molecule has 378 valence electrons. The van der Waals surface area contributed by atoms with Crippen LogP contribution in [0.1, 0.15) is 0 Å². The van der Waals surface area contributed by atoms with Crippen molar-refractivity contribution in [1.82, 2.24) is 0 Å². The Morgan fingerprint density at radius 2 is 0.169 bits per heavy atom. The van der Waals surface area contributed by atoms with Crippen LogP contribution in [0.3, 0.4) is 0 Å². The molecule has 0 nitrogen and oxygen atoms in total. The summed E-state index contributed by atoms with van der Waals surface area (Å²) in [5, 5.41) is 17.2. The van der Waals surface area contributed by atoms with Gasteiger partial charge in [-0.1, -0.05) is 218 Å². The zero-order chi connectivity index (χ0) is 51.7. The van der Waals surface area contributed by atoms with Crippen molar-refractivity contribution in [3.8, 4) is 0 Å². The second kappa shape index (κ2) is 31.3. The Morgan fingerprint density at radius 1 is 0.104 bits per heavy atom. The molecule has 0 amide bonds. The van der Waals surface area contributed by atoms with Crippen molar-refractivity contribution in [2.45, 2.75) is 0 Å². The minimum atomic E-state index is -0.877. The van der Waals surface area contributed by atoms with Gasteiger partial charge in [0.2, 0.25) is 0 Å². The van der Waals surface area contributed by atoms with Gasteiger partial charge in [0.15, 0.2) is 0 Å². The Labute approximate surface area is 475 Å². The van der Waals surface area contributed by atoms with E-state index in [9.17, 15) is 0 Å². The van der Waals surface area contributed by atoms with Crippen LogP contribution in [0.15, 0.2) is 364 Å². The van der Waals surface area contributed by atoms with Gasteiger partial charge in [-0.3, -0.25) is 0 Å². The fourth-order valence-corrected chi connectivity index (χ4v) is 19.6. The summed E-state index contributed by atoms with van der Waals surface area (Å²) in [5.74, 6) is 0. The minimum absolute atomic E-state index is 0. The summed E-state index contributed by atoms with van der Waals surface area (Å²) in [6, 6.07) is 130. The molecule has 0 aliphatic carbocycles. The smallest absolute Gasteiger partial charge is 0.0620 e. The molecule has 0 N–H and O–H groups in total. The van der Waals surface area contributed by atoms with Crippen molar-refractivity contribution in [3.63, 3.8) is 0 Å². The summed E-state index contributed by atoms with van der Waals surface area (Å²) >= 11 is 0. The molecule has 0 unspecified atom stereocenters. The summed E-state index contributed by atoms with van der Waals surface area (Å²) in [5.41, 5.74) is 0. The van der Waals surface area contributed by atoms with E-state index in [1.165, 1.54) is 63.7 Å². The molecule has 0 radical (unpaired) electrons. The molecule has 0 spiro atoms. The van der Waals surface area contributed by atoms with E-state index in [2.05, 4.69) is 364 Å². The fourth-order valence-electron chi connectivity index (χ4n) is 9.26. The van der Waals surface area contributed by atoms with Gasteiger partial charge in [0.25, 0.3) is 0 Å². The van der Waals surface area contributed by atoms with E-state index in [1.807, 2.05) is 0 Å². The van der Waals surface area contributed by atoms with E-state index in [0.29, 0.717) is 0 Å². The second-order valence-electron chi connectivity index (χ2n) is 17.9. The van der Waals surface area contributed by atoms with Crippen LogP contribution in [0.2, 0.25) is 0 Å². The number of hydrogen-bond acceptors (Lipinski definition) is 0. The molecule has 0 aliphatic rings. The molecular weight excluding hydrogens is 1090 g/mol. The first kappa shape index (κ1) is 56.2. The van der Waals surface area contributed by atoms with E-state index in [1.54, 1.807) is 0 Å². The standard InChI is InChI=1S/4C18H15P.Ru.2H/c4*1-4-10-16(11-5-1)19(17-12-6-2-7-13-17)18-14-8-3-9-15-18;;;/h4*1-15H;;;/p+4. The van der Waals surface area contributed by atoms with Crippen molar-refractivity contribution in [2.24, 2.45) is 0 Å². The second-order valence-corrected chi connectivity index (χ2v) is 27.8. The van der Waals surface area contributed by atoms with Crippen LogP contribution in [-0.4, -0.2) is 0 Å². The predicted octanol–water partition coefficient (Wildman–Crippen LogP) is 12.2. The average Bonchev–Trinajstić information content (AvgIpc) is 3.51. The Hall–Kier alpha value is -7.02. The van der Waals surface area contributed by atoms with Crippen LogP contribution in [-0.2, 0) is 19.5 Å². The van der Waals surface area contributed by atoms with Crippen LogP contribution in [0, 0.1) is 0 Å². The largest absolute Gasteiger partial charge is 0.102 e. The van der Waals surface area contributed by atoms with Gasteiger partial charge < -0.3 is 0 Å². The first-order valence-corrected chi connectivity index (χ1v) is 31.9. The van der Waals surface area contributed by atoms with Gasteiger partial charge in [-0.05, 0) is 146 Å². The zero-order valence-electron chi connectivity index (χ0n) is 43.0. The van der Waals surface area contributed by atoms with Gasteiger partial charge in [0.1, 0.15) is 63.7 Å². The maximum atomic E-state index is 2.24. The molecule has 12 aromatic rings. The molecule has 0 bridgehead atoms. The maximum Gasteiger partial charge on any atom is 0.102 e. The number of rotatable bonds is 12. The molecule has 0 aliphatic heterocycles. The van der Waals surface area contributed by atoms with Gasteiger partial charge >= 0.3 is 19.5 Å². The third-order valence-electron chi connectivity index (χ3n) is 12.7. The number of hydrogen-bond donors (Lipinski definition) is 0. The van der Waals surface area contributed by atoms with Crippen molar-refractivity contribution in [3.05, 3.63) is 364 Å². The monoisotopic (exact) mass is 1160 g/mol.